The molecular weight excluding hydrogens is 214 g/mol. The monoisotopic (exact) mass is 237 g/mol. The van der Waals surface area contributed by atoms with E-state index >= 15 is 0 Å². The standard InChI is InChI=1S/C12H23N5/c1-10(3-2-5-13)7-15-12-4-6-16-17(12)11-8-14-9-11/h4,6,10-11,14-15H,2-3,5,7-9,13H2,1H3. The van der Waals surface area contributed by atoms with Crippen LogP contribution >= 0.6 is 0 Å². The van der Waals surface area contributed by atoms with Gasteiger partial charge in [0.25, 0.3) is 0 Å². The highest BCUT2D eigenvalue weighted by atomic mass is 15.4. The molecule has 1 unspecified atom stereocenters. The lowest BCUT2D eigenvalue weighted by Crippen LogP contribution is -2.44. The summed E-state index contributed by atoms with van der Waals surface area (Å²) in [6.07, 6.45) is 4.16. The van der Waals surface area contributed by atoms with Crippen LogP contribution in [0.3, 0.4) is 0 Å². The number of nitrogens with two attached hydrogens (primary N) is 1. The highest BCUT2D eigenvalue weighted by Crippen LogP contribution is 2.18. The molecule has 5 heteroatoms. The van der Waals surface area contributed by atoms with Gasteiger partial charge in [-0.2, -0.15) is 5.10 Å². The molecule has 0 aliphatic carbocycles. The van der Waals surface area contributed by atoms with Gasteiger partial charge in [0.1, 0.15) is 5.82 Å². The van der Waals surface area contributed by atoms with Crippen molar-refractivity contribution in [1.29, 1.82) is 0 Å². The number of hydrogen-bond acceptors (Lipinski definition) is 4. The van der Waals surface area contributed by atoms with Crippen LogP contribution in [-0.2, 0) is 0 Å². The van der Waals surface area contributed by atoms with Gasteiger partial charge in [-0.1, -0.05) is 6.92 Å². The summed E-state index contributed by atoms with van der Waals surface area (Å²) in [5, 5.41) is 11.1. The van der Waals surface area contributed by atoms with E-state index in [-0.39, 0.29) is 0 Å². The van der Waals surface area contributed by atoms with Gasteiger partial charge in [-0.15, -0.1) is 0 Å². The molecule has 1 aliphatic rings. The third-order valence-corrected chi connectivity index (χ3v) is 3.31. The molecule has 0 aromatic carbocycles. The van der Waals surface area contributed by atoms with E-state index in [1.165, 1.54) is 6.42 Å². The first kappa shape index (κ1) is 12.4. The number of nitrogens with one attached hydrogen (secondary N) is 2. The van der Waals surface area contributed by atoms with Crippen LogP contribution in [0.15, 0.2) is 12.3 Å². The van der Waals surface area contributed by atoms with E-state index in [0.717, 1.165) is 38.4 Å². The Kier molecular flexibility index (Phi) is 4.39. The molecule has 0 spiro atoms. The van der Waals surface area contributed by atoms with Gasteiger partial charge in [0.2, 0.25) is 0 Å². The molecule has 5 nitrogen and oxygen atoms in total. The lowest BCUT2D eigenvalue weighted by molar-refractivity contribution is 0.321. The van der Waals surface area contributed by atoms with Gasteiger partial charge >= 0.3 is 0 Å². The Bertz CT molecular complexity index is 331. The summed E-state index contributed by atoms with van der Waals surface area (Å²) in [6.45, 7) is 6.09. The third-order valence-electron chi connectivity index (χ3n) is 3.31. The van der Waals surface area contributed by atoms with Gasteiger partial charge in [0, 0.05) is 25.7 Å². The Labute approximate surface area is 103 Å². The molecule has 1 atom stereocenters. The van der Waals surface area contributed by atoms with Crippen LogP contribution in [0.4, 0.5) is 5.82 Å². The fraction of sp³-hybridized carbons (Fsp3) is 0.750. The van der Waals surface area contributed by atoms with E-state index in [9.17, 15) is 0 Å². The van der Waals surface area contributed by atoms with Gasteiger partial charge < -0.3 is 16.4 Å². The molecule has 1 aromatic rings. The first-order valence-electron chi connectivity index (χ1n) is 6.49. The second-order valence-electron chi connectivity index (χ2n) is 4.89. The van der Waals surface area contributed by atoms with Crippen LogP contribution in [0.5, 0.6) is 0 Å². The average molecular weight is 237 g/mol. The zero-order chi connectivity index (χ0) is 12.1. The fourth-order valence-electron chi connectivity index (χ4n) is 2.04. The topological polar surface area (TPSA) is 67.9 Å². The normalized spacial score (nSPS) is 17.8. The lowest BCUT2D eigenvalue weighted by atomic mass is 10.1. The molecule has 4 N–H and O–H groups in total. The maximum absolute atomic E-state index is 5.52. The second kappa shape index (κ2) is 6.02. The van der Waals surface area contributed by atoms with E-state index in [1.807, 2.05) is 12.3 Å². The maximum Gasteiger partial charge on any atom is 0.124 e. The van der Waals surface area contributed by atoms with Crippen LogP contribution < -0.4 is 16.4 Å². The Morgan fingerprint density at radius 3 is 3.12 bits per heavy atom. The Morgan fingerprint density at radius 1 is 1.65 bits per heavy atom. The van der Waals surface area contributed by atoms with Gasteiger partial charge in [0.15, 0.2) is 0 Å². The lowest BCUT2D eigenvalue weighted by Gasteiger charge is -2.29. The van der Waals surface area contributed by atoms with Crippen LogP contribution in [0.25, 0.3) is 0 Å². The predicted molar refractivity (Wildman–Crippen MR) is 70.1 cm³/mol. The summed E-state index contributed by atoms with van der Waals surface area (Å²) in [6, 6.07) is 2.57. The minimum atomic E-state index is 0.520. The number of rotatable bonds is 7. The zero-order valence-electron chi connectivity index (χ0n) is 10.5. The van der Waals surface area contributed by atoms with E-state index in [1.54, 1.807) is 0 Å². The summed E-state index contributed by atoms with van der Waals surface area (Å²) < 4.78 is 2.09. The predicted octanol–water partition coefficient (Wildman–Crippen LogP) is 0.814. The minimum Gasteiger partial charge on any atom is -0.370 e. The quantitative estimate of drug-likeness (QED) is 0.656. The van der Waals surface area contributed by atoms with Crippen molar-refractivity contribution in [3.05, 3.63) is 12.3 Å². The minimum absolute atomic E-state index is 0.520. The molecule has 1 aliphatic heterocycles. The van der Waals surface area contributed by atoms with E-state index in [0.29, 0.717) is 12.0 Å². The van der Waals surface area contributed by atoms with Crippen molar-refractivity contribution in [2.75, 3.05) is 31.5 Å². The van der Waals surface area contributed by atoms with E-state index in [2.05, 4.69) is 27.3 Å². The molecule has 96 valence electrons. The van der Waals surface area contributed by atoms with Crippen molar-refractivity contribution in [1.82, 2.24) is 15.1 Å². The van der Waals surface area contributed by atoms with Crippen LogP contribution in [0, 0.1) is 5.92 Å². The fourth-order valence-corrected chi connectivity index (χ4v) is 2.04. The van der Waals surface area contributed by atoms with Gasteiger partial charge in [0.05, 0.1) is 12.2 Å². The third kappa shape index (κ3) is 3.20. The van der Waals surface area contributed by atoms with Crippen molar-refractivity contribution < 1.29 is 0 Å². The van der Waals surface area contributed by atoms with Crippen molar-refractivity contribution in [2.45, 2.75) is 25.8 Å². The average Bonchev–Trinajstić information content (AvgIpc) is 2.69. The van der Waals surface area contributed by atoms with Crippen molar-refractivity contribution >= 4 is 5.82 Å². The highest BCUT2D eigenvalue weighted by Gasteiger charge is 2.21. The maximum atomic E-state index is 5.52. The molecule has 2 heterocycles. The molecule has 17 heavy (non-hydrogen) atoms. The van der Waals surface area contributed by atoms with Crippen molar-refractivity contribution in [3.8, 4) is 0 Å². The van der Waals surface area contributed by atoms with Crippen molar-refractivity contribution in [2.24, 2.45) is 11.7 Å². The summed E-state index contributed by atoms with van der Waals surface area (Å²) in [5.41, 5.74) is 5.52. The molecule has 0 amide bonds. The summed E-state index contributed by atoms with van der Waals surface area (Å²) in [5.74, 6) is 1.79. The molecule has 0 saturated carbocycles. The molecule has 1 saturated heterocycles. The zero-order valence-corrected chi connectivity index (χ0v) is 10.5. The Morgan fingerprint density at radius 2 is 2.47 bits per heavy atom. The summed E-state index contributed by atoms with van der Waals surface area (Å²) >= 11 is 0. The SMILES string of the molecule is CC(CCCN)CNc1ccnn1C1CNC1. The van der Waals surface area contributed by atoms with Gasteiger partial charge in [-0.25, -0.2) is 4.68 Å². The van der Waals surface area contributed by atoms with Crippen LogP contribution in [0.1, 0.15) is 25.8 Å². The molecule has 2 rings (SSSR count). The molecule has 1 aromatic heterocycles. The molecular formula is C12H23N5. The highest BCUT2D eigenvalue weighted by molar-refractivity contribution is 5.34. The number of hydrogen-bond donors (Lipinski definition) is 3. The van der Waals surface area contributed by atoms with E-state index < -0.39 is 0 Å². The molecule has 0 bridgehead atoms. The Hall–Kier alpha value is -1.07. The van der Waals surface area contributed by atoms with Crippen molar-refractivity contribution in [3.63, 3.8) is 0 Å². The summed E-state index contributed by atoms with van der Waals surface area (Å²) in [7, 11) is 0. The van der Waals surface area contributed by atoms with Crippen LogP contribution in [0.2, 0.25) is 0 Å². The largest absolute Gasteiger partial charge is 0.370 e. The van der Waals surface area contributed by atoms with Crippen LogP contribution in [-0.4, -0.2) is 36.0 Å². The second-order valence-corrected chi connectivity index (χ2v) is 4.89. The number of anilines is 1. The molecule has 0 radical (unpaired) electrons. The summed E-state index contributed by atoms with van der Waals surface area (Å²) in [4.78, 5) is 0. The van der Waals surface area contributed by atoms with Gasteiger partial charge in [-0.3, -0.25) is 0 Å². The van der Waals surface area contributed by atoms with E-state index in [4.69, 9.17) is 5.73 Å². The Balaban J connectivity index is 1.80. The first-order valence-corrected chi connectivity index (χ1v) is 6.49. The first-order chi connectivity index (χ1) is 8.31. The number of nitrogens with zero attached hydrogens (tertiary/aromatic N) is 2. The smallest absolute Gasteiger partial charge is 0.124 e. The molecule has 1 fully saturated rings. The van der Waals surface area contributed by atoms with Gasteiger partial charge in [-0.05, 0) is 25.3 Å². The number of aromatic nitrogens is 2.